The van der Waals surface area contributed by atoms with Crippen LogP contribution in [0.15, 0.2) is 28.5 Å². The number of fused-ring (bicyclic) bond motifs is 1. The second-order valence-electron chi connectivity index (χ2n) is 6.67. The number of hydrogen-bond donors (Lipinski definition) is 0. The molecule has 1 saturated heterocycles. The van der Waals surface area contributed by atoms with Gasteiger partial charge >= 0.3 is 11.9 Å². The van der Waals surface area contributed by atoms with Crippen molar-refractivity contribution in [2.24, 2.45) is 7.05 Å². The Hall–Kier alpha value is -2.69. The Morgan fingerprint density at radius 3 is 2.61 bits per heavy atom. The molecule has 28 heavy (non-hydrogen) atoms. The molecule has 0 N–H and O–H groups in total. The van der Waals surface area contributed by atoms with Gasteiger partial charge < -0.3 is 4.90 Å². The molecule has 11 heteroatoms. The standard InChI is InChI=1S/C17H16F3N5O2S/c1-23-15(17(18,19)20)22-25(16(23)27)11-4-6-24(7-5-11)14(26)10-2-3-12-13(8-10)28-9-21-12/h2-3,8-9,11H,4-7H2,1H3. The molecule has 0 radical (unpaired) electrons. The van der Waals surface area contributed by atoms with E-state index in [4.69, 9.17) is 0 Å². The van der Waals surface area contributed by atoms with E-state index in [9.17, 15) is 22.8 Å². The Balaban J connectivity index is 1.49. The number of benzene rings is 1. The van der Waals surface area contributed by atoms with E-state index in [1.165, 1.54) is 11.3 Å². The van der Waals surface area contributed by atoms with Crippen LogP contribution in [0.1, 0.15) is 35.1 Å². The van der Waals surface area contributed by atoms with Gasteiger partial charge in [0.1, 0.15) is 0 Å². The van der Waals surface area contributed by atoms with E-state index in [1.54, 1.807) is 28.6 Å². The summed E-state index contributed by atoms with van der Waals surface area (Å²) < 4.78 is 41.2. The molecule has 0 atom stereocenters. The van der Waals surface area contributed by atoms with E-state index in [1.807, 2.05) is 0 Å². The third kappa shape index (κ3) is 3.19. The lowest BCUT2D eigenvalue weighted by atomic mass is 10.0. The maximum Gasteiger partial charge on any atom is 0.451 e. The molecular weight excluding hydrogens is 395 g/mol. The van der Waals surface area contributed by atoms with Gasteiger partial charge in [0, 0.05) is 25.7 Å². The predicted octanol–water partition coefficient (Wildman–Crippen LogP) is 2.69. The van der Waals surface area contributed by atoms with Gasteiger partial charge in [-0.2, -0.15) is 13.2 Å². The molecule has 0 unspecified atom stereocenters. The molecule has 1 amide bonds. The third-order valence-corrected chi connectivity index (χ3v) is 5.72. The number of likely N-dealkylation sites (tertiary alicyclic amines) is 1. The highest BCUT2D eigenvalue weighted by atomic mass is 32.1. The molecule has 4 rings (SSSR count). The zero-order valence-corrected chi connectivity index (χ0v) is 15.6. The number of halogens is 3. The van der Waals surface area contributed by atoms with Crippen molar-refractivity contribution in [3.63, 3.8) is 0 Å². The Morgan fingerprint density at radius 2 is 1.96 bits per heavy atom. The Labute approximate surface area is 161 Å². The van der Waals surface area contributed by atoms with Crippen LogP contribution in [0.25, 0.3) is 10.2 Å². The molecule has 2 aromatic heterocycles. The first-order valence-corrected chi connectivity index (χ1v) is 9.49. The second kappa shape index (κ2) is 6.73. The van der Waals surface area contributed by atoms with Crippen molar-refractivity contribution in [3.8, 4) is 0 Å². The van der Waals surface area contributed by atoms with Crippen molar-refractivity contribution < 1.29 is 18.0 Å². The quantitative estimate of drug-likeness (QED) is 0.650. The van der Waals surface area contributed by atoms with E-state index in [2.05, 4.69) is 10.1 Å². The largest absolute Gasteiger partial charge is 0.451 e. The van der Waals surface area contributed by atoms with E-state index in [0.29, 0.717) is 36.1 Å². The fourth-order valence-corrected chi connectivity index (χ4v) is 4.14. The first kappa shape index (κ1) is 18.7. The number of nitrogens with zero attached hydrogens (tertiary/aromatic N) is 5. The third-order valence-electron chi connectivity index (χ3n) is 4.93. The lowest BCUT2D eigenvalue weighted by molar-refractivity contribution is -0.147. The summed E-state index contributed by atoms with van der Waals surface area (Å²) in [6, 6.07) is 4.83. The molecule has 1 aromatic carbocycles. The lowest BCUT2D eigenvalue weighted by Gasteiger charge is -2.31. The van der Waals surface area contributed by atoms with Crippen LogP contribution in [0.4, 0.5) is 13.2 Å². The summed E-state index contributed by atoms with van der Waals surface area (Å²) in [5, 5.41) is 3.49. The summed E-state index contributed by atoms with van der Waals surface area (Å²) in [4.78, 5) is 30.7. The maximum atomic E-state index is 13.0. The number of aromatic nitrogens is 4. The van der Waals surface area contributed by atoms with Gasteiger partial charge in [-0.1, -0.05) is 0 Å². The number of rotatable bonds is 2. The number of alkyl halides is 3. The topological polar surface area (TPSA) is 73.0 Å². The fourth-order valence-electron chi connectivity index (χ4n) is 3.43. The Kier molecular flexibility index (Phi) is 4.48. The fraction of sp³-hybridized carbons (Fsp3) is 0.412. The number of carbonyl (C=O) groups excluding carboxylic acids is 1. The Bertz CT molecular complexity index is 1090. The first-order chi connectivity index (χ1) is 13.3. The summed E-state index contributed by atoms with van der Waals surface area (Å²) >= 11 is 1.45. The van der Waals surface area contributed by atoms with Crippen molar-refractivity contribution in [3.05, 3.63) is 45.6 Å². The van der Waals surface area contributed by atoms with Gasteiger partial charge in [0.2, 0.25) is 5.82 Å². The summed E-state index contributed by atoms with van der Waals surface area (Å²) in [6.07, 6.45) is -3.96. The van der Waals surface area contributed by atoms with Crippen molar-refractivity contribution in [2.45, 2.75) is 25.1 Å². The molecule has 0 saturated carbocycles. The van der Waals surface area contributed by atoms with Gasteiger partial charge in [0.25, 0.3) is 5.91 Å². The smallest absolute Gasteiger partial charge is 0.338 e. The number of piperidine rings is 1. The van der Waals surface area contributed by atoms with Crippen LogP contribution >= 0.6 is 11.3 Å². The van der Waals surface area contributed by atoms with Crippen molar-refractivity contribution >= 4 is 27.5 Å². The predicted molar refractivity (Wildman–Crippen MR) is 96.3 cm³/mol. The summed E-state index contributed by atoms with van der Waals surface area (Å²) in [5.41, 5.74) is 2.29. The zero-order valence-electron chi connectivity index (χ0n) is 14.8. The van der Waals surface area contributed by atoms with E-state index >= 15 is 0 Å². The molecule has 0 bridgehead atoms. The molecule has 3 heterocycles. The normalized spacial score (nSPS) is 16.1. The Morgan fingerprint density at radius 1 is 1.25 bits per heavy atom. The van der Waals surface area contributed by atoms with E-state index < -0.39 is 23.7 Å². The van der Waals surface area contributed by atoms with Crippen LogP contribution in [-0.2, 0) is 13.2 Å². The SMILES string of the molecule is Cn1c(C(F)(F)F)nn(C2CCN(C(=O)c3ccc4ncsc4c3)CC2)c1=O. The molecule has 1 aliphatic rings. The van der Waals surface area contributed by atoms with Gasteiger partial charge in [-0.05, 0) is 31.0 Å². The zero-order chi connectivity index (χ0) is 20.1. The molecule has 148 valence electrons. The van der Waals surface area contributed by atoms with Crippen LogP contribution < -0.4 is 5.69 Å². The average Bonchev–Trinajstić information content (AvgIpc) is 3.25. The highest BCUT2D eigenvalue weighted by molar-refractivity contribution is 7.16. The number of hydrogen-bond acceptors (Lipinski definition) is 5. The lowest BCUT2D eigenvalue weighted by Crippen LogP contribution is -2.41. The minimum atomic E-state index is -4.69. The monoisotopic (exact) mass is 411 g/mol. The minimum absolute atomic E-state index is 0.141. The molecule has 0 aliphatic carbocycles. The van der Waals surface area contributed by atoms with Gasteiger partial charge in [0.15, 0.2) is 0 Å². The minimum Gasteiger partial charge on any atom is -0.338 e. The van der Waals surface area contributed by atoms with Gasteiger partial charge in [-0.15, -0.1) is 16.4 Å². The summed E-state index contributed by atoms with van der Waals surface area (Å²) in [6.45, 7) is 0.684. The number of amides is 1. The van der Waals surface area contributed by atoms with Crippen molar-refractivity contribution in [2.75, 3.05) is 13.1 Å². The van der Waals surface area contributed by atoms with Gasteiger partial charge in [0.05, 0.1) is 21.8 Å². The van der Waals surface area contributed by atoms with E-state index in [-0.39, 0.29) is 5.91 Å². The van der Waals surface area contributed by atoms with Crippen LogP contribution in [-0.4, -0.2) is 43.2 Å². The molecule has 7 nitrogen and oxygen atoms in total. The highest BCUT2D eigenvalue weighted by Crippen LogP contribution is 2.28. The maximum absolute atomic E-state index is 13.0. The van der Waals surface area contributed by atoms with E-state index in [0.717, 1.165) is 21.9 Å². The molecule has 1 fully saturated rings. The average molecular weight is 411 g/mol. The molecule has 1 aliphatic heterocycles. The summed E-state index contributed by atoms with van der Waals surface area (Å²) in [5.74, 6) is -1.35. The van der Waals surface area contributed by atoms with Crippen LogP contribution in [0.5, 0.6) is 0 Å². The van der Waals surface area contributed by atoms with Gasteiger partial charge in [-0.3, -0.25) is 9.36 Å². The van der Waals surface area contributed by atoms with Crippen LogP contribution in [0.2, 0.25) is 0 Å². The molecule has 0 spiro atoms. The van der Waals surface area contributed by atoms with Gasteiger partial charge in [-0.25, -0.2) is 14.5 Å². The van der Waals surface area contributed by atoms with Crippen LogP contribution in [0.3, 0.4) is 0 Å². The van der Waals surface area contributed by atoms with Crippen molar-refractivity contribution in [1.82, 2.24) is 24.2 Å². The van der Waals surface area contributed by atoms with Crippen LogP contribution in [0, 0.1) is 0 Å². The highest BCUT2D eigenvalue weighted by Gasteiger charge is 2.39. The van der Waals surface area contributed by atoms with Crippen molar-refractivity contribution in [1.29, 1.82) is 0 Å². The molecule has 3 aromatic rings. The first-order valence-electron chi connectivity index (χ1n) is 8.61. The number of thiazole rings is 1. The summed E-state index contributed by atoms with van der Waals surface area (Å²) in [7, 11) is 1.06. The second-order valence-corrected chi connectivity index (χ2v) is 7.55. The number of carbonyl (C=O) groups is 1. The molecular formula is C17H16F3N5O2S.